The molecule has 2 aromatic heterocycles. The fraction of sp³-hybridized carbons (Fsp3) is 0.643. The molecule has 1 aliphatic rings. The van der Waals surface area contributed by atoms with Gasteiger partial charge in [-0.05, 0) is 19.4 Å². The molecule has 0 spiro atoms. The molecule has 23 heavy (non-hydrogen) atoms. The van der Waals surface area contributed by atoms with Crippen molar-refractivity contribution in [1.82, 2.24) is 29.4 Å². The molecular weight excluding hydrogens is 309 g/mol. The highest BCUT2D eigenvalue weighted by atomic mass is 19.4. The number of imidazole rings is 1. The number of piperidine rings is 1. The molecule has 1 saturated heterocycles. The molecule has 0 amide bonds. The Morgan fingerprint density at radius 2 is 2.09 bits per heavy atom. The normalized spacial score (nSPS) is 20.1. The number of alkyl halides is 3. The highest BCUT2D eigenvalue weighted by Crippen LogP contribution is 2.32. The van der Waals surface area contributed by atoms with Gasteiger partial charge in [0.15, 0.2) is 5.69 Å². The third-order valence-corrected chi connectivity index (χ3v) is 4.27. The third kappa shape index (κ3) is 3.39. The smallest absolute Gasteiger partial charge is 0.337 e. The van der Waals surface area contributed by atoms with Crippen molar-refractivity contribution in [3.63, 3.8) is 0 Å². The maximum absolute atomic E-state index is 12.8. The minimum Gasteiger partial charge on any atom is -0.337 e. The van der Waals surface area contributed by atoms with Gasteiger partial charge in [0.1, 0.15) is 5.82 Å². The first-order valence-corrected chi connectivity index (χ1v) is 7.51. The van der Waals surface area contributed by atoms with E-state index in [-0.39, 0.29) is 5.92 Å². The molecule has 6 nitrogen and oxygen atoms in total. The molecule has 0 saturated carbocycles. The van der Waals surface area contributed by atoms with Crippen molar-refractivity contribution in [2.75, 3.05) is 13.1 Å². The summed E-state index contributed by atoms with van der Waals surface area (Å²) in [7, 11) is 3.46. The number of rotatable bonds is 3. The zero-order valence-corrected chi connectivity index (χ0v) is 13.1. The zero-order chi connectivity index (χ0) is 16.6. The lowest BCUT2D eigenvalue weighted by molar-refractivity contribution is -0.141. The van der Waals surface area contributed by atoms with Crippen LogP contribution in [0.4, 0.5) is 13.2 Å². The number of aryl methyl sites for hydroxylation is 2. The molecule has 3 rings (SSSR count). The van der Waals surface area contributed by atoms with Crippen molar-refractivity contribution < 1.29 is 13.2 Å². The highest BCUT2D eigenvalue weighted by Gasteiger charge is 2.36. The van der Waals surface area contributed by atoms with E-state index in [1.54, 1.807) is 17.9 Å². The molecule has 1 fully saturated rings. The Bertz CT molecular complexity index is 674. The Morgan fingerprint density at radius 3 is 2.70 bits per heavy atom. The molecule has 3 heterocycles. The maximum Gasteiger partial charge on any atom is 0.434 e. The molecule has 2 aromatic rings. The quantitative estimate of drug-likeness (QED) is 0.864. The molecule has 0 aromatic carbocycles. The van der Waals surface area contributed by atoms with Crippen molar-refractivity contribution in [3.05, 3.63) is 29.6 Å². The second-order valence-corrected chi connectivity index (χ2v) is 6.02. The van der Waals surface area contributed by atoms with Crippen LogP contribution >= 0.6 is 0 Å². The lowest BCUT2D eigenvalue weighted by atomic mass is 9.97. The predicted octanol–water partition coefficient (Wildman–Crippen LogP) is 1.95. The van der Waals surface area contributed by atoms with Crippen molar-refractivity contribution in [2.24, 2.45) is 14.1 Å². The lowest BCUT2D eigenvalue weighted by Crippen LogP contribution is -2.35. The predicted molar refractivity (Wildman–Crippen MR) is 76.5 cm³/mol. The summed E-state index contributed by atoms with van der Waals surface area (Å²) in [6, 6.07) is 0. The minimum absolute atomic E-state index is 0.00559. The van der Waals surface area contributed by atoms with Gasteiger partial charge in [0, 0.05) is 39.3 Å². The van der Waals surface area contributed by atoms with E-state index in [1.165, 1.54) is 4.57 Å². The van der Waals surface area contributed by atoms with E-state index in [0.717, 1.165) is 31.3 Å². The Morgan fingerprint density at radius 1 is 1.30 bits per heavy atom. The van der Waals surface area contributed by atoms with Crippen LogP contribution in [0.15, 0.2) is 12.4 Å². The van der Waals surface area contributed by atoms with Crippen molar-refractivity contribution in [2.45, 2.75) is 31.5 Å². The first kappa shape index (κ1) is 16.0. The Labute approximate surface area is 131 Å². The number of aromatic nitrogens is 5. The molecule has 0 bridgehead atoms. The average Bonchev–Trinajstić information content (AvgIpc) is 3.06. The lowest BCUT2D eigenvalue weighted by Gasteiger charge is -2.32. The van der Waals surface area contributed by atoms with Crippen molar-refractivity contribution in [3.8, 4) is 0 Å². The van der Waals surface area contributed by atoms with E-state index >= 15 is 0 Å². The minimum atomic E-state index is -4.40. The van der Waals surface area contributed by atoms with Gasteiger partial charge >= 0.3 is 6.18 Å². The van der Waals surface area contributed by atoms with Crippen molar-refractivity contribution in [1.29, 1.82) is 0 Å². The topological polar surface area (TPSA) is 51.8 Å². The standard InChI is InChI=1S/C14H19F3N6/c1-21-9-12(14(15,16)17)19-13(21)10-4-3-5-23(7-10)8-11-6-18-20-22(11)2/h6,9-10H,3-5,7-8H2,1-2H3/t10-/m1/s1. The number of nitrogens with zero attached hydrogens (tertiary/aromatic N) is 6. The maximum atomic E-state index is 12.8. The molecule has 0 N–H and O–H groups in total. The summed E-state index contributed by atoms with van der Waals surface area (Å²) < 4.78 is 41.7. The summed E-state index contributed by atoms with van der Waals surface area (Å²) in [5.74, 6) is 0.510. The van der Waals surface area contributed by atoms with Gasteiger partial charge in [-0.15, -0.1) is 5.10 Å². The van der Waals surface area contributed by atoms with Gasteiger partial charge in [-0.3, -0.25) is 9.58 Å². The molecule has 9 heteroatoms. The first-order chi connectivity index (χ1) is 10.8. The van der Waals surface area contributed by atoms with Gasteiger partial charge < -0.3 is 4.57 Å². The first-order valence-electron chi connectivity index (χ1n) is 7.51. The Hall–Kier alpha value is -1.90. The zero-order valence-electron chi connectivity index (χ0n) is 13.1. The van der Waals surface area contributed by atoms with Crippen LogP contribution in [0.25, 0.3) is 0 Å². The monoisotopic (exact) mass is 328 g/mol. The SMILES string of the molecule is Cn1cc(C(F)(F)F)nc1[C@@H]1CCCN(Cc2cnnn2C)C1. The molecule has 126 valence electrons. The van der Waals surface area contributed by atoms with Gasteiger partial charge in [-0.1, -0.05) is 5.21 Å². The fourth-order valence-corrected chi connectivity index (χ4v) is 3.09. The highest BCUT2D eigenvalue weighted by molar-refractivity contribution is 5.12. The van der Waals surface area contributed by atoms with Gasteiger partial charge in [-0.2, -0.15) is 13.2 Å². The molecule has 0 radical (unpaired) electrons. The van der Waals surface area contributed by atoms with Gasteiger partial charge in [0.25, 0.3) is 0 Å². The number of halogens is 3. The third-order valence-electron chi connectivity index (χ3n) is 4.27. The van der Waals surface area contributed by atoms with Crippen LogP contribution in [0.1, 0.15) is 36.0 Å². The average molecular weight is 328 g/mol. The summed E-state index contributed by atoms with van der Waals surface area (Å²) in [4.78, 5) is 6.05. The van der Waals surface area contributed by atoms with Crippen LogP contribution < -0.4 is 0 Å². The van der Waals surface area contributed by atoms with Crippen LogP contribution in [-0.4, -0.2) is 42.5 Å². The van der Waals surface area contributed by atoms with Gasteiger partial charge in [0.2, 0.25) is 0 Å². The van der Waals surface area contributed by atoms with E-state index in [4.69, 9.17) is 0 Å². The van der Waals surface area contributed by atoms with E-state index < -0.39 is 11.9 Å². The molecular formula is C14H19F3N6. The summed E-state index contributed by atoms with van der Waals surface area (Å²) in [5.41, 5.74) is 0.171. The van der Waals surface area contributed by atoms with Gasteiger partial charge in [0.05, 0.1) is 11.9 Å². The van der Waals surface area contributed by atoms with E-state index in [9.17, 15) is 13.2 Å². The number of hydrogen-bond donors (Lipinski definition) is 0. The van der Waals surface area contributed by atoms with Gasteiger partial charge in [-0.25, -0.2) is 4.98 Å². The second kappa shape index (κ2) is 5.95. The van der Waals surface area contributed by atoms with Crippen LogP contribution in [0.3, 0.4) is 0 Å². The molecule has 1 aliphatic heterocycles. The Kier molecular flexibility index (Phi) is 4.13. The van der Waals surface area contributed by atoms with Crippen LogP contribution in [0.5, 0.6) is 0 Å². The van der Waals surface area contributed by atoms with Crippen molar-refractivity contribution >= 4 is 0 Å². The number of likely N-dealkylation sites (tertiary alicyclic amines) is 1. The summed E-state index contributed by atoms with van der Waals surface area (Å²) >= 11 is 0. The second-order valence-electron chi connectivity index (χ2n) is 6.02. The molecule has 1 atom stereocenters. The number of hydrogen-bond acceptors (Lipinski definition) is 4. The van der Waals surface area contributed by atoms with E-state index in [2.05, 4.69) is 20.2 Å². The van der Waals surface area contributed by atoms with Crippen LogP contribution in [-0.2, 0) is 26.8 Å². The summed E-state index contributed by atoms with van der Waals surface area (Å²) in [6.07, 6.45) is 0.169. The van der Waals surface area contributed by atoms with E-state index in [0.29, 0.717) is 18.9 Å². The molecule has 0 aliphatic carbocycles. The van der Waals surface area contributed by atoms with E-state index in [1.807, 2.05) is 7.05 Å². The summed E-state index contributed by atoms with van der Waals surface area (Å²) in [5, 5.41) is 7.76. The largest absolute Gasteiger partial charge is 0.434 e. The molecule has 0 unspecified atom stereocenters. The fourth-order valence-electron chi connectivity index (χ4n) is 3.09. The van der Waals surface area contributed by atoms with Crippen LogP contribution in [0, 0.1) is 0 Å². The summed E-state index contributed by atoms with van der Waals surface area (Å²) in [6.45, 7) is 2.29. The van der Waals surface area contributed by atoms with Crippen LogP contribution in [0.2, 0.25) is 0 Å². The Balaban J connectivity index is 1.74.